The molecule has 2 N–H and O–H groups in total. The predicted octanol–water partition coefficient (Wildman–Crippen LogP) is 2.23. The van der Waals surface area contributed by atoms with Crippen molar-refractivity contribution in [2.24, 2.45) is 0 Å². The molecule has 1 saturated carbocycles. The van der Waals surface area contributed by atoms with E-state index in [4.69, 9.17) is 4.74 Å². The second-order valence-corrected chi connectivity index (χ2v) is 5.75. The van der Waals surface area contributed by atoms with Gasteiger partial charge in [0.15, 0.2) is 0 Å². The monoisotopic (exact) mass is 241 g/mol. The Hall–Kier alpha value is -0.120. The summed E-state index contributed by atoms with van der Waals surface area (Å²) in [5, 5.41) is 13.1. The van der Waals surface area contributed by atoms with E-state index < -0.39 is 0 Å². The van der Waals surface area contributed by atoms with Gasteiger partial charge in [-0.15, -0.1) is 0 Å². The molecule has 0 radical (unpaired) electrons. The quantitative estimate of drug-likeness (QED) is 0.793. The Morgan fingerprint density at radius 1 is 1.35 bits per heavy atom. The largest absolute Gasteiger partial charge is 0.392 e. The van der Waals surface area contributed by atoms with E-state index in [9.17, 15) is 5.11 Å². The average molecular weight is 241 g/mol. The van der Waals surface area contributed by atoms with Crippen LogP contribution in [0.15, 0.2) is 0 Å². The lowest BCUT2D eigenvalue weighted by Gasteiger charge is -2.44. The Balaban J connectivity index is 1.79. The molecule has 0 amide bonds. The molecule has 0 aromatic rings. The standard InChI is InChI=1S/C14H27NO2/c1-2-13(16)11-15-12-6-9-17-14(10-12)7-4-3-5-8-14/h12-13,15-16H,2-11H2,1H3. The summed E-state index contributed by atoms with van der Waals surface area (Å²) in [7, 11) is 0. The molecular formula is C14H27NO2. The zero-order chi connectivity index (χ0) is 12.1. The molecule has 1 aliphatic carbocycles. The highest BCUT2D eigenvalue weighted by Crippen LogP contribution is 2.38. The molecule has 2 atom stereocenters. The number of aliphatic hydroxyl groups excluding tert-OH is 1. The summed E-state index contributed by atoms with van der Waals surface area (Å²) in [6, 6.07) is 0.544. The van der Waals surface area contributed by atoms with Gasteiger partial charge in [0, 0.05) is 19.2 Å². The van der Waals surface area contributed by atoms with E-state index in [0.29, 0.717) is 6.04 Å². The molecule has 0 bridgehead atoms. The fourth-order valence-corrected chi connectivity index (χ4v) is 3.19. The minimum absolute atomic E-state index is 0.172. The summed E-state index contributed by atoms with van der Waals surface area (Å²) < 4.78 is 6.07. The molecule has 2 aliphatic rings. The van der Waals surface area contributed by atoms with Gasteiger partial charge >= 0.3 is 0 Å². The van der Waals surface area contributed by atoms with E-state index in [1.807, 2.05) is 6.92 Å². The minimum Gasteiger partial charge on any atom is -0.392 e. The maximum Gasteiger partial charge on any atom is 0.0697 e. The molecule has 17 heavy (non-hydrogen) atoms. The molecular weight excluding hydrogens is 214 g/mol. The van der Waals surface area contributed by atoms with Gasteiger partial charge in [-0.1, -0.05) is 26.2 Å². The summed E-state index contributed by atoms with van der Waals surface area (Å²) >= 11 is 0. The van der Waals surface area contributed by atoms with Gasteiger partial charge in [0.05, 0.1) is 11.7 Å². The van der Waals surface area contributed by atoms with Crippen LogP contribution in [0, 0.1) is 0 Å². The van der Waals surface area contributed by atoms with Crippen LogP contribution < -0.4 is 5.32 Å². The molecule has 2 unspecified atom stereocenters. The zero-order valence-electron chi connectivity index (χ0n) is 11.1. The van der Waals surface area contributed by atoms with E-state index in [1.54, 1.807) is 0 Å². The van der Waals surface area contributed by atoms with E-state index >= 15 is 0 Å². The molecule has 3 heteroatoms. The normalized spacial score (nSPS) is 30.4. The van der Waals surface area contributed by atoms with Gasteiger partial charge in [-0.3, -0.25) is 0 Å². The smallest absolute Gasteiger partial charge is 0.0697 e. The van der Waals surface area contributed by atoms with Crippen molar-refractivity contribution in [2.45, 2.75) is 76.0 Å². The molecule has 100 valence electrons. The van der Waals surface area contributed by atoms with E-state index in [0.717, 1.165) is 32.4 Å². The van der Waals surface area contributed by atoms with Crippen LogP contribution in [0.1, 0.15) is 58.3 Å². The van der Waals surface area contributed by atoms with Crippen molar-refractivity contribution >= 4 is 0 Å². The molecule has 2 fully saturated rings. The van der Waals surface area contributed by atoms with Gasteiger partial charge < -0.3 is 15.2 Å². The molecule has 0 aromatic heterocycles. The average Bonchev–Trinajstić information content (AvgIpc) is 2.37. The second kappa shape index (κ2) is 6.17. The molecule has 1 aliphatic heterocycles. The van der Waals surface area contributed by atoms with Crippen molar-refractivity contribution in [3.05, 3.63) is 0 Å². The SMILES string of the molecule is CCC(O)CNC1CCOC2(CCCCC2)C1. The minimum atomic E-state index is -0.194. The molecule has 3 nitrogen and oxygen atoms in total. The van der Waals surface area contributed by atoms with Crippen LogP contribution >= 0.6 is 0 Å². The third-order valence-corrected chi connectivity index (χ3v) is 4.37. The van der Waals surface area contributed by atoms with Crippen molar-refractivity contribution in [2.75, 3.05) is 13.2 Å². The Labute approximate surface area is 105 Å². The first-order chi connectivity index (χ1) is 8.24. The topological polar surface area (TPSA) is 41.5 Å². The first kappa shape index (κ1) is 13.3. The van der Waals surface area contributed by atoms with Gasteiger partial charge in [-0.05, 0) is 32.1 Å². The number of hydrogen-bond acceptors (Lipinski definition) is 3. The van der Waals surface area contributed by atoms with Crippen molar-refractivity contribution in [1.29, 1.82) is 0 Å². The summed E-state index contributed by atoms with van der Waals surface area (Å²) in [6.07, 6.45) is 9.37. The molecule has 0 aromatic carbocycles. The highest BCUT2D eigenvalue weighted by atomic mass is 16.5. The summed E-state index contributed by atoms with van der Waals surface area (Å²) in [5.74, 6) is 0. The van der Waals surface area contributed by atoms with Crippen molar-refractivity contribution in [3.63, 3.8) is 0 Å². The van der Waals surface area contributed by atoms with Crippen LogP contribution in [-0.4, -0.2) is 36.0 Å². The first-order valence-electron chi connectivity index (χ1n) is 7.29. The highest BCUT2D eigenvalue weighted by molar-refractivity contribution is 4.92. The van der Waals surface area contributed by atoms with Crippen molar-refractivity contribution in [3.8, 4) is 0 Å². The number of hydrogen-bond donors (Lipinski definition) is 2. The van der Waals surface area contributed by atoms with Crippen LogP contribution in [0.4, 0.5) is 0 Å². The maximum absolute atomic E-state index is 9.60. The fraction of sp³-hybridized carbons (Fsp3) is 1.00. The Morgan fingerprint density at radius 3 is 2.82 bits per heavy atom. The third-order valence-electron chi connectivity index (χ3n) is 4.37. The van der Waals surface area contributed by atoms with Gasteiger partial charge in [-0.2, -0.15) is 0 Å². The third kappa shape index (κ3) is 3.67. The number of nitrogens with one attached hydrogen (secondary N) is 1. The molecule has 1 saturated heterocycles. The van der Waals surface area contributed by atoms with Crippen LogP contribution in [0.3, 0.4) is 0 Å². The van der Waals surface area contributed by atoms with Gasteiger partial charge in [-0.25, -0.2) is 0 Å². The van der Waals surface area contributed by atoms with Crippen molar-refractivity contribution in [1.82, 2.24) is 5.32 Å². The zero-order valence-corrected chi connectivity index (χ0v) is 11.1. The predicted molar refractivity (Wildman–Crippen MR) is 69.1 cm³/mol. The Morgan fingerprint density at radius 2 is 2.12 bits per heavy atom. The number of ether oxygens (including phenoxy) is 1. The second-order valence-electron chi connectivity index (χ2n) is 5.75. The van der Waals surface area contributed by atoms with Crippen LogP contribution in [0.25, 0.3) is 0 Å². The number of rotatable bonds is 4. The van der Waals surface area contributed by atoms with E-state index in [2.05, 4.69) is 5.32 Å². The van der Waals surface area contributed by atoms with E-state index in [1.165, 1.54) is 32.1 Å². The molecule has 2 rings (SSSR count). The van der Waals surface area contributed by atoms with Crippen molar-refractivity contribution < 1.29 is 9.84 Å². The number of aliphatic hydroxyl groups is 1. The van der Waals surface area contributed by atoms with Crippen LogP contribution in [0.2, 0.25) is 0 Å². The maximum atomic E-state index is 9.60. The first-order valence-corrected chi connectivity index (χ1v) is 7.29. The fourth-order valence-electron chi connectivity index (χ4n) is 3.19. The van der Waals surface area contributed by atoms with Crippen LogP contribution in [-0.2, 0) is 4.74 Å². The van der Waals surface area contributed by atoms with Crippen LogP contribution in [0.5, 0.6) is 0 Å². The summed E-state index contributed by atoms with van der Waals surface area (Å²) in [5.41, 5.74) is 0.172. The van der Waals surface area contributed by atoms with Gasteiger partial charge in [0.1, 0.15) is 0 Å². The Bertz CT molecular complexity index is 221. The lowest BCUT2D eigenvalue weighted by molar-refractivity contribution is -0.109. The van der Waals surface area contributed by atoms with Gasteiger partial charge in [0.25, 0.3) is 0 Å². The highest BCUT2D eigenvalue weighted by Gasteiger charge is 2.38. The molecule has 1 heterocycles. The summed E-state index contributed by atoms with van der Waals surface area (Å²) in [4.78, 5) is 0. The van der Waals surface area contributed by atoms with Gasteiger partial charge in [0.2, 0.25) is 0 Å². The van der Waals surface area contributed by atoms with E-state index in [-0.39, 0.29) is 11.7 Å². The molecule has 1 spiro atoms. The summed E-state index contributed by atoms with van der Waals surface area (Å²) in [6.45, 7) is 3.65. The lowest BCUT2D eigenvalue weighted by Crippen LogP contribution is -2.49. The lowest BCUT2D eigenvalue weighted by atomic mass is 9.78. The Kier molecular flexibility index (Phi) is 4.83.